The van der Waals surface area contributed by atoms with Gasteiger partial charge in [0.25, 0.3) is 0 Å². The van der Waals surface area contributed by atoms with Gasteiger partial charge in [-0.1, -0.05) is 130 Å². The van der Waals surface area contributed by atoms with Gasteiger partial charge in [0, 0.05) is 61.2 Å². The Morgan fingerprint density at radius 2 is 0.580 bits per heavy atom. The van der Waals surface area contributed by atoms with Crippen molar-refractivity contribution in [3.8, 4) is 0 Å². The smallest absolute Gasteiger partial charge is 0.142 e. The number of fused-ring (bicyclic) bond motifs is 8. The van der Waals surface area contributed by atoms with Crippen LogP contribution in [0.5, 0.6) is 0 Å². The maximum absolute atomic E-state index is 6.96. The monoisotopic (exact) mass is 902 g/mol. The summed E-state index contributed by atoms with van der Waals surface area (Å²) in [5.74, 6) is 2.02. The van der Waals surface area contributed by atoms with E-state index >= 15 is 0 Å². The topological polar surface area (TPSA) is 32.8 Å². The van der Waals surface area contributed by atoms with Crippen LogP contribution in [0.1, 0.15) is 127 Å². The molecule has 0 N–H and O–H groups in total. The molecular weight excluding hydrogens is 841 g/mol. The molecule has 0 spiro atoms. The molecule has 0 unspecified atom stereocenters. The molecule has 0 aliphatic heterocycles. The number of hydrogen-bond acceptors (Lipinski definition) is 4. The lowest BCUT2D eigenvalue weighted by molar-refractivity contribution is 0.638. The first-order valence-electron chi connectivity index (χ1n) is 25.0. The van der Waals surface area contributed by atoms with Crippen molar-refractivity contribution in [2.45, 2.75) is 98.8 Å². The van der Waals surface area contributed by atoms with Crippen LogP contribution in [0.3, 0.4) is 0 Å². The van der Waals surface area contributed by atoms with E-state index in [0.717, 1.165) is 94.3 Å². The predicted octanol–water partition coefficient (Wildman–Crippen LogP) is 20.3. The van der Waals surface area contributed by atoms with Gasteiger partial charge in [-0.05, 0) is 177 Å². The summed E-state index contributed by atoms with van der Waals surface area (Å²) in [6.45, 7) is 22.4. The van der Waals surface area contributed by atoms with Crippen molar-refractivity contribution >= 4 is 99.5 Å². The molecule has 11 rings (SSSR count). The third-order valence-electron chi connectivity index (χ3n) is 14.5. The van der Waals surface area contributed by atoms with Crippen LogP contribution in [-0.4, -0.2) is 0 Å². The average molecular weight is 903 g/mol. The molecule has 0 atom stereocenters. The number of nitrogens with zero attached hydrogens (tertiary/aromatic N) is 2. The summed E-state index contributed by atoms with van der Waals surface area (Å²) >= 11 is 0. The number of hydrogen-bond donors (Lipinski definition) is 0. The van der Waals surface area contributed by atoms with Gasteiger partial charge < -0.3 is 18.6 Å². The zero-order valence-electron chi connectivity index (χ0n) is 41.7. The summed E-state index contributed by atoms with van der Waals surface area (Å²) in [5, 5.41) is 9.06. The lowest BCUT2D eigenvalue weighted by atomic mass is 9.95. The largest absolute Gasteiger partial charge is 0.456 e. The summed E-state index contributed by atoms with van der Waals surface area (Å²) in [6.07, 6.45) is 0. The molecule has 4 nitrogen and oxygen atoms in total. The van der Waals surface area contributed by atoms with Crippen LogP contribution < -0.4 is 9.80 Å². The summed E-state index contributed by atoms with van der Waals surface area (Å²) in [4.78, 5) is 4.73. The minimum Gasteiger partial charge on any atom is -0.456 e. The maximum atomic E-state index is 6.96. The second kappa shape index (κ2) is 17.3. The normalized spacial score (nSPS) is 12.3. The number of anilines is 6. The van der Waals surface area contributed by atoms with E-state index in [0.29, 0.717) is 23.7 Å². The summed E-state index contributed by atoms with van der Waals surface area (Å²) in [7, 11) is 0. The summed E-state index contributed by atoms with van der Waals surface area (Å²) in [6, 6.07) is 61.1. The Morgan fingerprint density at radius 1 is 0.275 bits per heavy atom. The van der Waals surface area contributed by atoms with Crippen molar-refractivity contribution in [1.29, 1.82) is 0 Å². The van der Waals surface area contributed by atoms with Crippen molar-refractivity contribution in [3.05, 3.63) is 192 Å². The second-order valence-electron chi connectivity index (χ2n) is 20.8. The second-order valence-corrected chi connectivity index (χ2v) is 20.8. The first-order valence-corrected chi connectivity index (χ1v) is 25.0. The van der Waals surface area contributed by atoms with E-state index in [1.54, 1.807) is 0 Å². The molecule has 0 saturated carbocycles. The standard InChI is InChI=1S/C65H62N2O2/c1-38(2)43-11-21-51(22-12-43)66(52-23-13-44(14-24-52)39(3)4)55-29-19-47-33-57-59-37-60-58-34-48-20-30-56(67(53-25-15-45(16-26-53)40(5)6)54-27-17-46(18-28-54)41(7)8)32-50(48)36-62(58)69-65(60)63(42(9)10)64(59)68-61(57)35-49(47)31-55/h11-42H,1-10H3. The van der Waals surface area contributed by atoms with Crippen LogP contribution in [0.25, 0.3) is 65.4 Å². The Morgan fingerprint density at radius 3 is 0.870 bits per heavy atom. The zero-order valence-corrected chi connectivity index (χ0v) is 41.7. The van der Waals surface area contributed by atoms with Crippen LogP contribution >= 0.6 is 0 Å². The van der Waals surface area contributed by atoms with Gasteiger partial charge >= 0.3 is 0 Å². The fraction of sp³-hybridized carbons (Fsp3) is 0.231. The van der Waals surface area contributed by atoms with E-state index in [2.05, 4.69) is 243 Å². The third-order valence-corrected chi connectivity index (χ3v) is 14.5. The average Bonchev–Trinajstić information content (AvgIpc) is 3.88. The molecule has 0 fully saturated rings. The Labute approximate surface area is 406 Å². The van der Waals surface area contributed by atoms with Gasteiger partial charge in [0.2, 0.25) is 0 Å². The van der Waals surface area contributed by atoms with E-state index in [9.17, 15) is 0 Å². The van der Waals surface area contributed by atoms with Gasteiger partial charge in [0.15, 0.2) is 0 Å². The van der Waals surface area contributed by atoms with Gasteiger partial charge in [0.05, 0.1) is 0 Å². The van der Waals surface area contributed by atoms with E-state index < -0.39 is 0 Å². The molecular formula is C65H62N2O2. The fourth-order valence-corrected chi connectivity index (χ4v) is 10.4. The first kappa shape index (κ1) is 44.2. The van der Waals surface area contributed by atoms with Gasteiger partial charge in [-0.25, -0.2) is 0 Å². The predicted molar refractivity (Wildman–Crippen MR) is 296 cm³/mol. The first-order chi connectivity index (χ1) is 33.3. The van der Waals surface area contributed by atoms with Crippen molar-refractivity contribution in [3.63, 3.8) is 0 Å². The molecule has 0 aliphatic carbocycles. The molecule has 0 bridgehead atoms. The van der Waals surface area contributed by atoms with Crippen molar-refractivity contribution in [1.82, 2.24) is 0 Å². The molecule has 9 aromatic carbocycles. The minimum absolute atomic E-state index is 0.162. The van der Waals surface area contributed by atoms with Crippen LogP contribution in [0, 0.1) is 0 Å². The number of furan rings is 2. The lowest BCUT2D eigenvalue weighted by Gasteiger charge is -2.26. The van der Waals surface area contributed by atoms with Crippen molar-refractivity contribution in [2.75, 3.05) is 9.80 Å². The molecule has 4 heteroatoms. The Hall–Kier alpha value is -7.30. The SMILES string of the molecule is CC(C)c1ccc(N(c2ccc(C(C)C)cc2)c2ccc3cc4c(cc3c2)oc2c(C(C)C)c3oc5cc6cc(N(c7ccc(C(C)C)cc7)c7ccc(C(C)C)cc7)ccc6cc5c3cc24)cc1. The van der Waals surface area contributed by atoms with Gasteiger partial charge in [-0.3, -0.25) is 0 Å². The quantitative estimate of drug-likeness (QED) is 0.129. The Bertz CT molecular complexity index is 3340. The van der Waals surface area contributed by atoms with Crippen LogP contribution in [0.15, 0.2) is 173 Å². The summed E-state index contributed by atoms with van der Waals surface area (Å²) in [5.41, 5.74) is 16.7. The molecule has 11 aromatic rings. The lowest BCUT2D eigenvalue weighted by Crippen LogP contribution is -2.10. The van der Waals surface area contributed by atoms with Crippen molar-refractivity contribution < 1.29 is 8.83 Å². The molecule has 69 heavy (non-hydrogen) atoms. The Balaban J connectivity index is 1.02. The molecule has 0 saturated heterocycles. The summed E-state index contributed by atoms with van der Waals surface area (Å²) < 4.78 is 13.9. The van der Waals surface area contributed by atoms with Gasteiger partial charge in [-0.15, -0.1) is 0 Å². The highest BCUT2D eigenvalue weighted by Crippen LogP contribution is 2.46. The number of benzene rings is 9. The van der Waals surface area contributed by atoms with Crippen molar-refractivity contribution in [2.24, 2.45) is 0 Å². The highest BCUT2D eigenvalue weighted by molar-refractivity contribution is 6.20. The van der Waals surface area contributed by atoms with Gasteiger partial charge in [-0.2, -0.15) is 0 Å². The molecule has 344 valence electrons. The molecule has 2 aromatic heterocycles. The maximum Gasteiger partial charge on any atom is 0.142 e. The van der Waals surface area contributed by atoms with Crippen LogP contribution in [0.2, 0.25) is 0 Å². The highest BCUT2D eigenvalue weighted by Gasteiger charge is 2.24. The van der Waals surface area contributed by atoms with Gasteiger partial charge in [0.1, 0.15) is 22.3 Å². The van der Waals surface area contributed by atoms with E-state index in [4.69, 9.17) is 8.83 Å². The molecule has 0 aliphatic rings. The van der Waals surface area contributed by atoms with E-state index in [1.165, 1.54) is 33.0 Å². The highest BCUT2D eigenvalue weighted by atomic mass is 16.3. The minimum atomic E-state index is 0.162. The molecule has 0 amide bonds. The number of rotatable bonds is 11. The molecule has 0 radical (unpaired) electrons. The fourth-order valence-electron chi connectivity index (χ4n) is 10.4. The van der Waals surface area contributed by atoms with E-state index in [1.807, 2.05) is 0 Å². The van der Waals surface area contributed by atoms with E-state index in [-0.39, 0.29) is 5.92 Å². The zero-order chi connectivity index (χ0) is 47.8. The third kappa shape index (κ3) is 7.90. The molecule has 2 heterocycles. The van der Waals surface area contributed by atoms with Crippen LogP contribution in [-0.2, 0) is 0 Å². The Kier molecular flexibility index (Phi) is 11.1. The van der Waals surface area contributed by atoms with Crippen LogP contribution in [0.4, 0.5) is 34.1 Å².